The number of aldehydes is 1. The molecule has 1 aromatic heterocycles. The van der Waals surface area contributed by atoms with Gasteiger partial charge in [-0.2, -0.15) is 0 Å². The number of carbonyl (C=O) groups excluding carboxylic acids is 2. The van der Waals surface area contributed by atoms with Gasteiger partial charge >= 0.3 is 0 Å². The molecule has 1 amide bonds. The van der Waals surface area contributed by atoms with Crippen LogP contribution in [0.15, 0.2) is 36.4 Å². The first-order valence-corrected chi connectivity index (χ1v) is 5.79. The average Bonchev–Trinajstić information content (AvgIpc) is 2.94. The van der Waals surface area contributed by atoms with E-state index in [1.165, 1.54) is 0 Å². The van der Waals surface area contributed by atoms with Crippen molar-refractivity contribution in [3.8, 4) is 5.75 Å². The van der Waals surface area contributed by atoms with E-state index in [0.29, 0.717) is 24.2 Å². The summed E-state index contributed by atoms with van der Waals surface area (Å²) in [6.45, 7) is 0.359. The zero-order valence-electron chi connectivity index (χ0n) is 10.5. The first-order chi connectivity index (χ1) is 9.24. The zero-order chi connectivity index (χ0) is 13.7. The van der Waals surface area contributed by atoms with Gasteiger partial charge in [0.05, 0.1) is 12.8 Å². The minimum absolute atomic E-state index is 0.265. The fourth-order valence-corrected chi connectivity index (χ4v) is 1.73. The summed E-state index contributed by atoms with van der Waals surface area (Å²) in [4.78, 5) is 25.1. The number of carbonyl (C=O) groups is 2. The van der Waals surface area contributed by atoms with Gasteiger partial charge in [-0.05, 0) is 18.2 Å². The van der Waals surface area contributed by atoms with Gasteiger partial charge in [-0.15, -0.1) is 0 Å². The van der Waals surface area contributed by atoms with E-state index in [1.54, 1.807) is 19.2 Å². The highest BCUT2D eigenvalue weighted by atomic mass is 16.5. The predicted octanol–water partition coefficient (Wildman–Crippen LogP) is 1.77. The molecule has 0 fully saturated rings. The SMILES string of the molecule is COc1ccccc1CNC(=O)c1ccc(C=O)[nH]1. The van der Waals surface area contributed by atoms with E-state index in [1.807, 2.05) is 24.3 Å². The number of benzene rings is 1. The van der Waals surface area contributed by atoms with Crippen molar-refractivity contribution in [3.63, 3.8) is 0 Å². The molecule has 0 aliphatic carbocycles. The van der Waals surface area contributed by atoms with Gasteiger partial charge in [0.2, 0.25) is 0 Å². The lowest BCUT2D eigenvalue weighted by Gasteiger charge is -2.08. The number of para-hydroxylation sites is 1. The van der Waals surface area contributed by atoms with Crippen molar-refractivity contribution in [2.45, 2.75) is 6.54 Å². The summed E-state index contributed by atoms with van der Waals surface area (Å²) in [5, 5.41) is 2.76. The van der Waals surface area contributed by atoms with E-state index in [4.69, 9.17) is 4.74 Å². The van der Waals surface area contributed by atoms with Crippen LogP contribution in [0.25, 0.3) is 0 Å². The highest BCUT2D eigenvalue weighted by Crippen LogP contribution is 2.16. The van der Waals surface area contributed by atoms with E-state index in [0.717, 1.165) is 11.3 Å². The molecule has 2 aromatic rings. The van der Waals surface area contributed by atoms with Crippen molar-refractivity contribution in [2.75, 3.05) is 7.11 Å². The van der Waals surface area contributed by atoms with Crippen LogP contribution in [0.4, 0.5) is 0 Å². The minimum Gasteiger partial charge on any atom is -0.496 e. The lowest BCUT2D eigenvalue weighted by molar-refractivity contribution is 0.0946. The molecule has 0 saturated carbocycles. The van der Waals surface area contributed by atoms with Gasteiger partial charge < -0.3 is 15.0 Å². The molecule has 2 N–H and O–H groups in total. The minimum atomic E-state index is -0.265. The number of hydrogen-bond donors (Lipinski definition) is 2. The van der Waals surface area contributed by atoms with Crippen LogP contribution in [0.3, 0.4) is 0 Å². The summed E-state index contributed by atoms with van der Waals surface area (Å²) >= 11 is 0. The molecular weight excluding hydrogens is 244 g/mol. The second-order valence-electron chi connectivity index (χ2n) is 3.94. The third-order valence-electron chi connectivity index (χ3n) is 2.71. The Bertz CT molecular complexity index is 590. The summed E-state index contributed by atoms with van der Waals surface area (Å²) in [6.07, 6.45) is 0.664. The van der Waals surface area contributed by atoms with Crippen molar-refractivity contribution in [3.05, 3.63) is 53.3 Å². The van der Waals surface area contributed by atoms with E-state index in [2.05, 4.69) is 10.3 Å². The Morgan fingerprint density at radius 3 is 2.79 bits per heavy atom. The van der Waals surface area contributed by atoms with Crippen LogP contribution in [0.5, 0.6) is 5.75 Å². The number of hydrogen-bond acceptors (Lipinski definition) is 3. The fourth-order valence-electron chi connectivity index (χ4n) is 1.73. The molecule has 1 aromatic carbocycles. The molecule has 5 heteroatoms. The largest absolute Gasteiger partial charge is 0.496 e. The molecule has 0 radical (unpaired) electrons. The Morgan fingerprint density at radius 2 is 2.11 bits per heavy atom. The van der Waals surface area contributed by atoms with E-state index >= 15 is 0 Å². The van der Waals surface area contributed by atoms with Crippen LogP contribution in [0.2, 0.25) is 0 Å². The summed E-state index contributed by atoms with van der Waals surface area (Å²) in [6, 6.07) is 10.6. The predicted molar refractivity (Wildman–Crippen MR) is 70.3 cm³/mol. The van der Waals surface area contributed by atoms with Crippen molar-refractivity contribution >= 4 is 12.2 Å². The Labute approximate surface area is 110 Å². The molecule has 0 bridgehead atoms. The molecule has 0 atom stereocenters. The lowest BCUT2D eigenvalue weighted by atomic mass is 10.2. The molecular formula is C14H14N2O3. The Balaban J connectivity index is 2.02. The van der Waals surface area contributed by atoms with Gasteiger partial charge in [0, 0.05) is 12.1 Å². The monoisotopic (exact) mass is 258 g/mol. The molecule has 98 valence electrons. The topological polar surface area (TPSA) is 71.2 Å². The standard InChI is InChI=1S/C14H14N2O3/c1-19-13-5-3-2-4-10(13)8-15-14(18)12-7-6-11(9-17)16-12/h2-7,9,16H,8H2,1H3,(H,15,18). The first kappa shape index (κ1) is 12.9. The average molecular weight is 258 g/mol. The highest BCUT2D eigenvalue weighted by molar-refractivity contribution is 5.93. The molecule has 2 rings (SSSR count). The molecule has 19 heavy (non-hydrogen) atoms. The van der Waals surface area contributed by atoms with Gasteiger partial charge in [0.25, 0.3) is 5.91 Å². The quantitative estimate of drug-likeness (QED) is 0.803. The van der Waals surface area contributed by atoms with Crippen LogP contribution >= 0.6 is 0 Å². The molecule has 0 spiro atoms. The van der Waals surface area contributed by atoms with E-state index < -0.39 is 0 Å². The number of methoxy groups -OCH3 is 1. The summed E-state index contributed by atoms with van der Waals surface area (Å²) in [5.41, 5.74) is 1.62. The van der Waals surface area contributed by atoms with Crippen molar-refractivity contribution in [1.82, 2.24) is 10.3 Å². The number of ether oxygens (including phenoxy) is 1. The lowest BCUT2D eigenvalue weighted by Crippen LogP contribution is -2.23. The second-order valence-corrected chi connectivity index (χ2v) is 3.94. The Morgan fingerprint density at radius 1 is 1.32 bits per heavy atom. The molecule has 0 saturated heterocycles. The van der Waals surface area contributed by atoms with Crippen molar-refractivity contribution < 1.29 is 14.3 Å². The van der Waals surface area contributed by atoms with E-state index in [-0.39, 0.29) is 5.91 Å². The Hall–Kier alpha value is -2.56. The van der Waals surface area contributed by atoms with Crippen LogP contribution in [0.1, 0.15) is 26.5 Å². The first-order valence-electron chi connectivity index (χ1n) is 5.79. The van der Waals surface area contributed by atoms with Crippen LogP contribution in [-0.2, 0) is 6.54 Å². The summed E-state index contributed by atoms with van der Waals surface area (Å²) in [7, 11) is 1.59. The molecule has 1 heterocycles. The molecule has 0 unspecified atom stereocenters. The highest BCUT2D eigenvalue weighted by Gasteiger charge is 2.09. The van der Waals surface area contributed by atoms with Gasteiger partial charge in [-0.3, -0.25) is 9.59 Å². The van der Waals surface area contributed by atoms with Crippen molar-refractivity contribution in [2.24, 2.45) is 0 Å². The number of aromatic amines is 1. The summed E-state index contributed by atoms with van der Waals surface area (Å²) < 4.78 is 5.20. The third kappa shape index (κ3) is 3.01. The zero-order valence-corrected chi connectivity index (χ0v) is 10.5. The fraction of sp³-hybridized carbons (Fsp3) is 0.143. The maximum Gasteiger partial charge on any atom is 0.267 e. The number of H-pyrrole nitrogens is 1. The Kier molecular flexibility index (Phi) is 3.97. The normalized spacial score (nSPS) is 9.95. The number of amides is 1. The van der Waals surface area contributed by atoms with Crippen LogP contribution in [-0.4, -0.2) is 24.3 Å². The van der Waals surface area contributed by atoms with Crippen LogP contribution < -0.4 is 10.1 Å². The van der Waals surface area contributed by atoms with Gasteiger partial charge in [-0.25, -0.2) is 0 Å². The number of nitrogens with one attached hydrogen (secondary N) is 2. The molecule has 0 aliphatic rings. The maximum atomic E-state index is 11.8. The molecule has 0 aliphatic heterocycles. The number of rotatable bonds is 5. The van der Waals surface area contributed by atoms with Gasteiger partial charge in [0.15, 0.2) is 6.29 Å². The van der Waals surface area contributed by atoms with E-state index in [9.17, 15) is 9.59 Å². The van der Waals surface area contributed by atoms with Crippen LogP contribution in [0, 0.1) is 0 Å². The van der Waals surface area contributed by atoms with Gasteiger partial charge in [-0.1, -0.05) is 18.2 Å². The maximum absolute atomic E-state index is 11.8. The van der Waals surface area contributed by atoms with Crippen molar-refractivity contribution in [1.29, 1.82) is 0 Å². The second kappa shape index (κ2) is 5.86. The third-order valence-corrected chi connectivity index (χ3v) is 2.71. The number of aromatic nitrogens is 1. The smallest absolute Gasteiger partial charge is 0.267 e. The molecule has 5 nitrogen and oxygen atoms in total. The van der Waals surface area contributed by atoms with Gasteiger partial charge in [0.1, 0.15) is 11.4 Å². The summed E-state index contributed by atoms with van der Waals surface area (Å²) in [5.74, 6) is 0.460.